The van der Waals surface area contributed by atoms with Crippen molar-refractivity contribution in [3.63, 3.8) is 0 Å². The quantitative estimate of drug-likeness (QED) is 0.628. The average Bonchev–Trinajstić information content (AvgIpc) is 2.49. The third-order valence-electron chi connectivity index (χ3n) is 1.65. The number of hydrogen-bond donors (Lipinski definition) is 0. The summed E-state index contributed by atoms with van der Waals surface area (Å²) in [6.45, 7) is 9.03. The van der Waals surface area contributed by atoms with E-state index in [9.17, 15) is 4.79 Å². The molecule has 0 fully saturated rings. The first-order valence-electron chi connectivity index (χ1n) is 4.97. The normalized spacial score (nSPS) is 11.5. The summed E-state index contributed by atoms with van der Waals surface area (Å²) in [5.74, 6) is -0.154. The molecule has 0 aliphatic heterocycles. The second-order valence-electron chi connectivity index (χ2n) is 4.26. The van der Waals surface area contributed by atoms with Gasteiger partial charge in [0.1, 0.15) is 0 Å². The molecule has 0 spiro atoms. The summed E-state index contributed by atoms with van der Waals surface area (Å²) in [5, 5.41) is 1.99. The molecule has 0 aliphatic carbocycles. The van der Waals surface area contributed by atoms with Gasteiger partial charge in [0.25, 0.3) is 0 Å². The van der Waals surface area contributed by atoms with Crippen LogP contribution < -0.4 is 2.89 Å². The van der Waals surface area contributed by atoms with Crippen molar-refractivity contribution in [3.05, 3.63) is 17.0 Å². The van der Waals surface area contributed by atoms with Crippen molar-refractivity contribution in [3.8, 4) is 0 Å². The molecular formula is C11H16O2SSn. The van der Waals surface area contributed by atoms with Crippen LogP contribution in [-0.2, 0) is 4.74 Å². The molecule has 0 aliphatic rings. The predicted molar refractivity (Wildman–Crippen MR) is 65.4 cm³/mol. The Morgan fingerprint density at radius 3 is 2.73 bits per heavy atom. The van der Waals surface area contributed by atoms with Crippen LogP contribution in [0.5, 0.6) is 0 Å². The number of ether oxygens (including phenoxy) is 1. The predicted octanol–water partition coefficient (Wildman–Crippen LogP) is 2.47. The van der Waals surface area contributed by atoms with E-state index in [1.54, 1.807) is 11.3 Å². The van der Waals surface area contributed by atoms with E-state index in [-0.39, 0.29) is 5.97 Å². The Hall–Kier alpha value is -0.0313. The van der Waals surface area contributed by atoms with E-state index in [2.05, 4.69) is 20.8 Å². The molecule has 0 amide bonds. The van der Waals surface area contributed by atoms with Crippen LogP contribution in [0.4, 0.5) is 0 Å². The summed E-state index contributed by atoms with van der Waals surface area (Å²) in [6.07, 6.45) is 0. The van der Waals surface area contributed by atoms with E-state index in [4.69, 9.17) is 4.74 Å². The van der Waals surface area contributed by atoms with Gasteiger partial charge in [0.05, 0.1) is 0 Å². The van der Waals surface area contributed by atoms with Crippen molar-refractivity contribution in [1.29, 1.82) is 0 Å². The number of carbonyl (C=O) groups excluding carboxylic acids is 1. The van der Waals surface area contributed by atoms with E-state index in [0.29, 0.717) is 10.0 Å². The molecule has 15 heavy (non-hydrogen) atoms. The fraction of sp³-hybridized carbons (Fsp3) is 0.545. The summed E-state index contributed by atoms with van der Waals surface area (Å²) in [5.41, 5.74) is 0.809. The molecule has 2 nitrogen and oxygen atoms in total. The monoisotopic (exact) mass is 332 g/mol. The fourth-order valence-electron chi connectivity index (χ4n) is 1.12. The molecule has 2 radical (unpaired) electrons. The molecule has 1 rings (SSSR count). The number of rotatable bonds is 3. The summed E-state index contributed by atoms with van der Waals surface area (Å²) >= 11 is 1.01. The maximum absolute atomic E-state index is 11.6. The second-order valence-corrected chi connectivity index (χ2v) is 12.6. The third-order valence-corrected chi connectivity index (χ3v) is 7.63. The van der Waals surface area contributed by atoms with Crippen LogP contribution in [-0.4, -0.2) is 33.7 Å². The Morgan fingerprint density at radius 2 is 2.20 bits per heavy atom. The third kappa shape index (κ3) is 4.15. The van der Waals surface area contributed by atoms with Crippen LogP contribution in [0.3, 0.4) is 0 Å². The molecule has 0 unspecified atom stereocenters. The first-order valence-corrected chi connectivity index (χ1v) is 8.70. The Kier molecular flexibility index (Phi) is 4.64. The van der Waals surface area contributed by atoms with Gasteiger partial charge in [-0.05, 0) is 0 Å². The number of thiophene rings is 1. The van der Waals surface area contributed by atoms with Gasteiger partial charge in [-0.3, -0.25) is 0 Å². The topological polar surface area (TPSA) is 26.3 Å². The number of hydrogen-bond acceptors (Lipinski definition) is 3. The Balaban J connectivity index is 2.82. The van der Waals surface area contributed by atoms with Crippen molar-refractivity contribution < 1.29 is 9.53 Å². The molecule has 1 aromatic heterocycles. The fourth-order valence-corrected chi connectivity index (χ4v) is 7.79. The molecule has 0 aromatic carbocycles. The molecule has 0 atom stereocenters. The van der Waals surface area contributed by atoms with Crippen LogP contribution in [0, 0.1) is 0 Å². The van der Waals surface area contributed by atoms with Crippen LogP contribution in [0.25, 0.3) is 0 Å². The van der Waals surface area contributed by atoms with E-state index in [1.165, 1.54) is 2.89 Å². The van der Waals surface area contributed by atoms with E-state index in [0.717, 1.165) is 5.56 Å². The van der Waals surface area contributed by atoms with Crippen molar-refractivity contribution in [1.82, 2.24) is 0 Å². The van der Waals surface area contributed by atoms with E-state index in [1.807, 2.05) is 18.4 Å². The molecule has 0 saturated carbocycles. The van der Waals surface area contributed by atoms with Gasteiger partial charge in [-0.15, -0.1) is 0 Å². The molecule has 1 heterocycles. The first-order chi connectivity index (χ1) is 6.94. The van der Waals surface area contributed by atoms with E-state index < -0.39 is 21.1 Å². The summed E-state index contributed by atoms with van der Waals surface area (Å²) in [7, 11) is 0. The van der Waals surface area contributed by atoms with Crippen LogP contribution in [0.15, 0.2) is 11.4 Å². The first kappa shape index (κ1) is 13.0. The molecule has 4 heteroatoms. The summed E-state index contributed by atoms with van der Waals surface area (Å²) in [6, 6.07) is 1.89. The molecule has 0 saturated heterocycles. The van der Waals surface area contributed by atoms with Crippen LogP contribution in [0.2, 0.25) is 3.43 Å². The minimum absolute atomic E-state index is 0.154. The van der Waals surface area contributed by atoms with Crippen molar-refractivity contribution in [2.24, 2.45) is 0 Å². The molecule has 0 bridgehead atoms. The second kappa shape index (κ2) is 5.34. The standard InChI is InChI=1S/C7H7O2S.C4H9.Sn/c1-2-9-7(8)6-3-4-10-5-6;1-4(2)3;/h3-4H,2H2,1H3;1-3H3;. The van der Waals surface area contributed by atoms with Crippen molar-refractivity contribution in [2.45, 2.75) is 31.1 Å². The van der Waals surface area contributed by atoms with Gasteiger partial charge in [-0.1, -0.05) is 0 Å². The van der Waals surface area contributed by atoms with Gasteiger partial charge < -0.3 is 0 Å². The van der Waals surface area contributed by atoms with Gasteiger partial charge >= 0.3 is 106 Å². The minimum atomic E-state index is -0.697. The molecule has 1 aromatic rings. The Bertz CT molecular complexity index is 339. The zero-order valence-electron chi connectivity index (χ0n) is 9.59. The van der Waals surface area contributed by atoms with Gasteiger partial charge in [0.15, 0.2) is 0 Å². The van der Waals surface area contributed by atoms with Gasteiger partial charge in [-0.25, -0.2) is 0 Å². The SMILES string of the molecule is CCOC(=O)c1ccs[c]1[Sn][C](C)(C)C. The Labute approximate surface area is 105 Å². The summed E-state index contributed by atoms with van der Waals surface area (Å²) in [4.78, 5) is 11.6. The number of esters is 1. The average molecular weight is 331 g/mol. The van der Waals surface area contributed by atoms with Crippen LogP contribution >= 0.6 is 11.3 Å². The van der Waals surface area contributed by atoms with E-state index >= 15 is 0 Å². The van der Waals surface area contributed by atoms with Gasteiger partial charge in [-0.2, -0.15) is 0 Å². The Morgan fingerprint density at radius 1 is 1.53 bits per heavy atom. The van der Waals surface area contributed by atoms with Gasteiger partial charge in [0.2, 0.25) is 0 Å². The summed E-state index contributed by atoms with van der Waals surface area (Å²) < 4.78 is 6.70. The van der Waals surface area contributed by atoms with Crippen molar-refractivity contribution in [2.75, 3.05) is 6.61 Å². The van der Waals surface area contributed by atoms with Gasteiger partial charge in [0, 0.05) is 0 Å². The van der Waals surface area contributed by atoms with Crippen LogP contribution in [0.1, 0.15) is 38.1 Å². The maximum atomic E-state index is 11.6. The zero-order valence-corrected chi connectivity index (χ0v) is 13.3. The van der Waals surface area contributed by atoms with Crippen molar-refractivity contribution >= 4 is 41.3 Å². The molecule has 0 N–H and O–H groups in total. The molecular weight excluding hydrogens is 315 g/mol. The zero-order chi connectivity index (χ0) is 11.5. The number of carbonyl (C=O) groups is 1. The molecule has 82 valence electrons.